The van der Waals surface area contributed by atoms with Crippen LogP contribution in [0.1, 0.15) is 17.7 Å². The van der Waals surface area contributed by atoms with Crippen molar-refractivity contribution >= 4 is 12.1 Å². The minimum Gasteiger partial charge on any atom is -0.273 e. The van der Waals surface area contributed by atoms with Crippen molar-refractivity contribution in [3.8, 4) is 0 Å². The Morgan fingerprint density at radius 1 is 1.36 bits per heavy atom. The molecule has 22 heavy (non-hydrogen) atoms. The molecule has 0 atom stereocenters. The lowest BCUT2D eigenvalue weighted by molar-refractivity contribution is -0.121. The number of aromatic nitrogens is 3. The summed E-state index contributed by atoms with van der Waals surface area (Å²) in [5, 5.41) is 9.23. The molecule has 114 valence electrons. The molecule has 1 aromatic heterocycles. The molecule has 2 aromatic rings. The highest BCUT2D eigenvalue weighted by atomic mass is 19.1. The van der Waals surface area contributed by atoms with Crippen molar-refractivity contribution in [2.75, 3.05) is 0 Å². The van der Waals surface area contributed by atoms with Crippen molar-refractivity contribution in [2.24, 2.45) is 5.10 Å². The van der Waals surface area contributed by atoms with E-state index in [1.54, 1.807) is 12.1 Å². The summed E-state index contributed by atoms with van der Waals surface area (Å²) in [6, 6.07) is 5.96. The maximum absolute atomic E-state index is 13.3. The van der Waals surface area contributed by atoms with Crippen LogP contribution in [0.3, 0.4) is 0 Å². The van der Waals surface area contributed by atoms with Gasteiger partial charge in [-0.25, -0.2) is 19.7 Å². The van der Waals surface area contributed by atoms with Gasteiger partial charge in [-0.15, -0.1) is 0 Å². The number of carbonyl (C=O) groups excluding carboxylic acids is 1. The minimum atomic E-state index is -0.715. The summed E-state index contributed by atoms with van der Waals surface area (Å²) in [7, 11) is 0. The summed E-state index contributed by atoms with van der Waals surface area (Å²) in [5.41, 5.74) is 1.12. The second kappa shape index (κ2) is 7.07. The lowest BCUT2D eigenvalue weighted by Gasteiger charge is -1.99. The van der Waals surface area contributed by atoms with Crippen molar-refractivity contribution in [3.63, 3.8) is 0 Å². The number of benzene rings is 1. The van der Waals surface area contributed by atoms with Crippen molar-refractivity contribution < 1.29 is 9.18 Å². The number of H-pyrrole nitrogens is 2. The summed E-state index contributed by atoms with van der Waals surface area (Å²) in [6.07, 6.45) is 1.15. The Morgan fingerprint density at radius 2 is 2.14 bits per heavy atom. The molecule has 1 aromatic carbocycles. The number of rotatable bonds is 5. The van der Waals surface area contributed by atoms with Crippen LogP contribution in [0.4, 0.5) is 4.39 Å². The molecule has 0 spiro atoms. The maximum atomic E-state index is 13.3. The van der Waals surface area contributed by atoms with Crippen molar-refractivity contribution in [1.29, 1.82) is 0 Å². The van der Waals surface area contributed by atoms with Gasteiger partial charge >= 0.3 is 5.69 Å². The van der Waals surface area contributed by atoms with E-state index < -0.39 is 23.0 Å². The van der Waals surface area contributed by atoms with Gasteiger partial charge in [-0.3, -0.25) is 14.6 Å². The summed E-state index contributed by atoms with van der Waals surface area (Å²) < 4.78 is 13.3. The zero-order valence-corrected chi connectivity index (χ0v) is 11.3. The van der Waals surface area contributed by atoms with Crippen molar-refractivity contribution in [2.45, 2.75) is 12.8 Å². The van der Waals surface area contributed by atoms with Gasteiger partial charge in [0.25, 0.3) is 5.56 Å². The molecule has 0 saturated carbocycles. The van der Waals surface area contributed by atoms with E-state index in [-0.39, 0.29) is 24.1 Å². The van der Waals surface area contributed by atoms with Crippen LogP contribution in [0, 0.1) is 5.82 Å². The Kier molecular flexibility index (Phi) is 4.91. The first-order valence-electron chi connectivity index (χ1n) is 6.30. The van der Waals surface area contributed by atoms with Gasteiger partial charge in [0, 0.05) is 18.4 Å². The number of aromatic amines is 2. The number of hydrazone groups is 1. The van der Waals surface area contributed by atoms with Gasteiger partial charge < -0.3 is 0 Å². The molecule has 0 saturated heterocycles. The molecule has 1 heterocycles. The third-order valence-electron chi connectivity index (χ3n) is 2.67. The molecule has 9 heteroatoms. The molecule has 8 nitrogen and oxygen atoms in total. The molecular weight excluding hydrogens is 293 g/mol. The third kappa shape index (κ3) is 4.20. The molecule has 0 aliphatic rings. The molecule has 2 rings (SSSR count). The monoisotopic (exact) mass is 305 g/mol. The van der Waals surface area contributed by atoms with Gasteiger partial charge in [0.1, 0.15) is 11.5 Å². The molecule has 0 radical (unpaired) electrons. The van der Waals surface area contributed by atoms with Gasteiger partial charge in [-0.2, -0.15) is 10.2 Å². The predicted molar refractivity (Wildman–Crippen MR) is 75.9 cm³/mol. The summed E-state index contributed by atoms with van der Waals surface area (Å²) in [6.45, 7) is 0. The van der Waals surface area contributed by atoms with Crippen LogP contribution in [0.15, 0.2) is 39.0 Å². The number of aryl methyl sites for hydroxylation is 1. The minimum absolute atomic E-state index is 0.0349. The van der Waals surface area contributed by atoms with E-state index in [1.807, 2.05) is 4.98 Å². The van der Waals surface area contributed by atoms with E-state index in [9.17, 15) is 18.8 Å². The van der Waals surface area contributed by atoms with Crippen LogP contribution in [0.25, 0.3) is 0 Å². The Balaban J connectivity index is 1.87. The molecule has 3 N–H and O–H groups in total. The van der Waals surface area contributed by atoms with E-state index in [4.69, 9.17) is 0 Å². The molecule has 0 unspecified atom stereocenters. The zero-order chi connectivity index (χ0) is 15.9. The van der Waals surface area contributed by atoms with Crippen molar-refractivity contribution in [3.05, 3.63) is 62.2 Å². The van der Waals surface area contributed by atoms with Crippen LogP contribution in [-0.2, 0) is 11.2 Å². The highest BCUT2D eigenvalue weighted by Crippen LogP contribution is 2.02. The fraction of sp³-hybridized carbons (Fsp3) is 0.154. The SMILES string of the molecule is O=C(CCc1n[nH]c(=O)[nH]c1=O)N/N=C/c1ccccc1F. The standard InChI is InChI=1S/C13H12FN5O3/c14-9-4-2-1-3-8(9)7-15-18-11(20)6-5-10-12(21)16-13(22)19-17-10/h1-4,7H,5-6H2,(H,18,20)(H2,16,19,21,22)/b15-7+. The smallest absolute Gasteiger partial charge is 0.273 e. The molecule has 0 bridgehead atoms. The van der Waals surface area contributed by atoms with E-state index in [0.717, 1.165) is 0 Å². The third-order valence-corrected chi connectivity index (χ3v) is 2.67. The number of hydrogen-bond acceptors (Lipinski definition) is 5. The fourth-order valence-electron chi connectivity index (χ4n) is 1.58. The number of amides is 1. The Morgan fingerprint density at radius 3 is 2.86 bits per heavy atom. The Hall–Kier alpha value is -3.10. The van der Waals surface area contributed by atoms with Crippen LogP contribution >= 0.6 is 0 Å². The molecule has 0 aliphatic heterocycles. The Bertz CT molecular complexity index is 812. The van der Waals surface area contributed by atoms with Gasteiger partial charge in [-0.05, 0) is 6.07 Å². The largest absolute Gasteiger partial charge is 0.342 e. The van der Waals surface area contributed by atoms with E-state index >= 15 is 0 Å². The fourth-order valence-corrected chi connectivity index (χ4v) is 1.58. The average molecular weight is 305 g/mol. The second-order valence-electron chi connectivity index (χ2n) is 4.27. The number of hydrogen-bond donors (Lipinski definition) is 3. The van der Waals surface area contributed by atoms with Gasteiger partial charge in [0.05, 0.1) is 6.21 Å². The normalized spacial score (nSPS) is 10.8. The van der Waals surface area contributed by atoms with Crippen LogP contribution < -0.4 is 16.7 Å². The summed E-state index contributed by atoms with van der Waals surface area (Å²) in [5.74, 6) is -0.926. The summed E-state index contributed by atoms with van der Waals surface area (Å²) >= 11 is 0. The van der Waals surface area contributed by atoms with Crippen LogP contribution in [-0.4, -0.2) is 27.3 Å². The van der Waals surface area contributed by atoms with E-state index in [0.29, 0.717) is 0 Å². The molecule has 0 fully saturated rings. The van der Waals surface area contributed by atoms with Crippen molar-refractivity contribution in [1.82, 2.24) is 20.6 Å². The number of nitrogens with zero attached hydrogens (tertiary/aromatic N) is 2. The number of nitrogens with one attached hydrogen (secondary N) is 3. The second-order valence-corrected chi connectivity index (χ2v) is 4.27. The average Bonchev–Trinajstić information content (AvgIpc) is 2.48. The Labute approximate surface area is 123 Å². The molecule has 1 amide bonds. The first-order valence-corrected chi connectivity index (χ1v) is 6.30. The van der Waals surface area contributed by atoms with Gasteiger partial charge in [-0.1, -0.05) is 18.2 Å². The van der Waals surface area contributed by atoms with E-state index in [2.05, 4.69) is 20.7 Å². The highest BCUT2D eigenvalue weighted by molar-refractivity contribution is 5.82. The van der Waals surface area contributed by atoms with E-state index in [1.165, 1.54) is 18.3 Å². The topological polar surface area (TPSA) is 120 Å². The lowest BCUT2D eigenvalue weighted by Crippen LogP contribution is -2.28. The first kappa shape index (κ1) is 15.3. The predicted octanol–water partition coefficient (Wildman–Crippen LogP) is -0.320. The first-order chi connectivity index (χ1) is 10.6. The molecular formula is C13H12FN5O3. The van der Waals surface area contributed by atoms with Crippen LogP contribution in [0.2, 0.25) is 0 Å². The van der Waals surface area contributed by atoms with Gasteiger partial charge in [0.15, 0.2) is 0 Å². The summed E-state index contributed by atoms with van der Waals surface area (Å²) in [4.78, 5) is 35.7. The number of carbonyl (C=O) groups is 1. The zero-order valence-electron chi connectivity index (χ0n) is 11.3. The molecule has 0 aliphatic carbocycles. The maximum Gasteiger partial charge on any atom is 0.342 e. The lowest BCUT2D eigenvalue weighted by atomic mass is 10.2. The number of halogens is 1. The highest BCUT2D eigenvalue weighted by Gasteiger charge is 2.06. The quantitative estimate of drug-likeness (QED) is 0.518. The van der Waals surface area contributed by atoms with Gasteiger partial charge in [0.2, 0.25) is 5.91 Å². The van der Waals surface area contributed by atoms with Crippen LogP contribution in [0.5, 0.6) is 0 Å².